The summed E-state index contributed by atoms with van der Waals surface area (Å²) < 4.78 is 7.43. The van der Waals surface area contributed by atoms with Crippen LogP contribution in [0, 0.1) is 0 Å². The van der Waals surface area contributed by atoms with Gasteiger partial charge in [0.05, 0.1) is 5.52 Å². The number of hydrogen-bond donors (Lipinski definition) is 1. The highest BCUT2D eigenvalue weighted by Gasteiger charge is 2.17. The average Bonchev–Trinajstić information content (AvgIpc) is 2.87. The van der Waals surface area contributed by atoms with Crippen molar-refractivity contribution in [3.63, 3.8) is 0 Å². The molecule has 0 spiro atoms. The average molecular weight is 326 g/mol. The van der Waals surface area contributed by atoms with E-state index in [4.69, 9.17) is 4.74 Å². The van der Waals surface area contributed by atoms with Crippen molar-refractivity contribution >= 4 is 22.7 Å². The van der Waals surface area contributed by atoms with Crippen LogP contribution < -0.4 is 4.74 Å². The molecule has 2 aromatic rings. The molecule has 1 N–H and O–H groups in total. The first-order valence-corrected chi connectivity index (χ1v) is 7.51. The summed E-state index contributed by atoms with van der Waals surface area (Å²) >= 11 is 0. The van der Waals surface area contributed by atoms with Gasteiger partial charge in [-0.15, -0.1) is 5.10 Å². The SMILES string of the molecule is CN(C)CCOc1nn2ccccc2c1N=C1C=CC(=O)C=C1O. The van der Waals surface area contributed by atoms with Crippen molar-refractivity contribution in [3.05, 3.63) is 48.4 Å². The Kier molecular flexibility index (Phi) is 4.43. The molecular weight excluding hydrogens is 308 g/mol. The molecule has 0 bridgehead atoms. The largest absolute Gasteiger partial charge is 0.506 e. The maximum absolute atomic E-state index is 11.3. The predicted octanol–water partition coefficient (Wildman–Crippen LogP) is 1.93. The van der Waals surface area contributed by atoms with E-state index in [-0.39, 0.29) is 11.5 Å². The Hall–Kier alpha value is -2.93. The van der Waals surface area contributed by atoms with Crippen LogP contribution in [0.2, 0.25) is 0 Å². The summed E-state index contributed by atoms with van der Waals surface area (Å²) in [4.78, 5) is 17.7. The highest BCUT2D eigenvalue weighted by molar-refractivity contribution is 6.19. The van der Waals surface area contributed by atoms with E-state index < -0.39 is 0 Å². The van der Waals surface area contributed by atoms with Gasteiger partial charge in [-0.25, -0.2) is 9.51 Å². The molecule has 0 fully saturated rings. The summed E-state index contributed by atoms with van der Waals surface area (Å²) in [6.45, 7) is 1.20. The number of pyridine rings is 1. The summed E-state index contributed by atoms with van der Waals surface area (Å²) in [6, 6.07) is 5.60. The van der Waals surface area contributed by atoms with Crippen molar-refractivity contribution in [2.24, 2.45) is 4.99 Å². The molecule has 7 nitrogen and oxygen atoms in total. The number of carbonyl (C=O) groups is 1. The number of hydrogen-bond acceptors (Lipinski definition) is 6. The number of nitrogens with zero attached hydrogens (tertiary/aromatic N) is 4. The lowest BCUT2D eigenvalue weighted by molar-refractivity contribution is -0.110. The third-order valence-corrected chi connectivity index (χ3v) is 3.44. The molecule has 0 aromatic carbocycles. The van der Waals surface area contributed by atoms with E-state index in [1.165, 1.54) is 12.2 Å². The monoisotopic (exact) mass is 326 g/mol. The standard InChI is InChI=1S/C17H18N4O3/c1-20(2)9-10-24-17-16(14-5-3-4-8-21(14)19-17)18-13-7-6-12(22)11-15(13)23/h3-8,11,23H,9-10H2,1-2H3. The van der Waals surface area contributed by atoms with Crippen LogP contribution in [0.15, 0.2) is 53.4 Å². The minimum atomic E-state index is -0.270. The van der Waals surface area contributed by atoms with Gasteiger partial charge in [0.2, 0.25) is 0 Å². The van der Waals surface area contributed by atoms with Crippen LogP contribution in [-0.2, 0) is 4.79 Å². The van der Waals surface area contributed by atoms with Crippen LogP contribution in [0.5, 0.6) is 5.88 Å². The second-order valence-electron chi connectivity index (χ2n) is 5.60. The predicted molar refractivity (Wildman–Crippen MR) is 91.2 cm³/mol. The second kappa shape index (κ2) is 6.67. The van der Waals surface area contributed by atoms with Gasteiger partial charge in [-0.05, 0) is 38.4 Å². The normalized spacial score (nSPS) is 16.2. The van der Waals surface area contributed by atoms with E-state index in [1.807, 2.05) is 37.2 Å². The maximum atomic E-state index is 11.3. The van der Waals surface area contributed by atoms with Crippen molar-refractivity contribution in [1.29, 1.82) is 0 Å². The van der Waals surface area contributed by atoms with E-state index >= 15 is 0 Å². The highest BCUT2D eigenvalue weighted by atomic mass is 16.5. The second-order valence-corrected chi connectivity index (χ2v) is 5.60. The van der Waals surface area contributed by atoms with Crippen molar-refractivity contribution < 1.29 is 14.6 Å². The van der Waals surface area contributed by atoms with Crippen LogP contribution in [-0.4, -0.2) is 58.4 Å². The number of aliphatic hydroxyl groups excluding tert-OH is 1. The Morgan fingerprint density at radius 3 is 2.92 bits per heavy atom. The maximum Gasteiger partial charge on any atom is 0.260 e. The van der Waals surface area contributed by atoms with Crippen LogP contribution in [0.1, 0.15) is 0 Å². The number of fused-ring (bicyclic) bond motifs is 1. The number of aliphatic imine (C=N–C) groups is 1. The minimum Gasteiger partial charge on any atom is -0.506 e. The fourth-order valence-electron chi connectivity index (χ4n) is 2.21. The van der Waals surface area contributed by atoms with Gasteiger partial charge in [-0.3, -0.25) is 4.79 Å². The third kappa shape index (κ3) is 3.36. The number of likely N-dealkylation sites (N-methyl/N-ethyl adjacent to an activating group) is 1. The highest BCUT2D eigenvalue weighted by Crippen LogP contribution is 2.32. The molecule has 0 saturated heterocycles. The van der Waals surface area contributed by atoms with E-state index in [0.717, 1.165) is 18.1 Å². The van der Waals surface area contributed by atoms with Crippen molar-refractivity contribution in [2.45, 2.75) is 0 Å². The quantitative estimate of drug-likeness (QED) is 0.849. The lowest BCUT2D eigenvalue weighted by Crippen LogP contribution is -2.19. The summed E-state index contributed by atoms with van der Waals surface area (Å²) in [5.41, 5.74) is 1.57. The van der Waals surface area contributed by atoms with Gasteiger partial charge >= 0.3 is 0 Å². The molecule has 3 rings (SSSR count). The molecule has 0 amide bonds. The lowest BCUT2D eigenvalue weighted by Gasteiger charge is -2.10. The number of aromatic nitrogens is 2. The molecule has 0 saturated carbocycles. The van der Waals surface area contributed by atoms with Crippen molar-refractivity contribution in [2.75, 3.05) is 27.2 Å². The van der Waals surface area contributed by atoms with E-state index in [9.17, 15) is 9.90 Å². The molecule has 0 atom stereocenters. The van der Waals surface area contributed by atoms with Crippen LogP contribution in [0.4, 0.5) is 5.69 Å². The van der Waals surface area contributed by atoms with Gasteiger partial charge in [0, 0.05) is 18.8 Å². The van der Waals surface area contributed by atoms with Gasteiger partial charge in [-0.1, -0.05) is 6.07 Å². The Bertz CT molecular complexity index is 862. The Labute approximate surface area is 139 Å². The number of aliphatic hydroxyl groups is 1. The lowest BCUT2D eigenvalue weighted by atomic mass is 10.1. The van der Waals surface area contributed by atoms with Crippen LogP contribution in [0.3, 0.4) is 0 Å². The van der Waals surface area contributed by atoms with Crippen molar-refractivity contribution in [1.82, 2.24) is 14.5 Å². The molecule has 0 unspecified atom stereocenters. The van der Waals surface area contributed by atoms with Gasteiger partial charge in [-0.2, -0.15) is 0 Å². The summed E-state index contributed by atoms with van der Waals surface area (Å²) in [5.74, 6) is -0.0561. The molecule has 0 aliphatic heterocycles. The summed E-state index contributed by atoms with van der Waals surface area (Å²) in [5, 5.41) is 14.3. The van der Waals surface area contributed by atoms with E-state index in [1.54, 1.807) is 10.7 Å². The number of ether oxygens (including phenoxy) is 1. The topological polar surface area (TPSA) is 79.4 Å². The Balaban J connectivity index is 2.00. The Morgan fingerprint density at radius 1 is 1.33 bits per heavy atom. The van der Waals surface area contributed by atoms with Gasteiger partial charge in [0.25, 0.3) is 5.88 Å². The van der Waals surface area contributed by atoms with Gasteiger partial charge < -0.3 is 14.7 Å². The molecule has 2 heterocycles. The third-order valence-electron chi connectivity index (χ3n) is 3.44. The molecule has 1 aliphatic rings. The molecule has 24 heavy (non-hydrogen) atoms. The summed E-state index contributed by atoms with van der Waals surface area (Å²) in [6.07, 6.45) is 5.77. The zero-order chi connectivity index (χ0) is 17.1. The van der Waals surface area contributed by atoms with Crippen LogP contribution >= 0.6 is 0 Å². The Morgan fingerprint density at radius 2 is 2.17 bits per heavy atom. The van der Waals surface area contributed by atoms with Gasteiger partial charge in [0.15, 0.2) is 11.5 Å². The summed E-state index contributed by atoms with van der Waals surface area (Å²) in [7, 11) is 3.92. The van der Waals surface area contributed by atoms with Crippen molar-refractivity contribution in [3.8, 4) is 5.88 Å². The number of allylic oxidation sites excluding steroid dienone is 3. The zero-order valence-corrected chi connectivity index (χ0v) is 13.5. The van der Waals surface area contributed by atoms with Crippen LogP contribution in [0.25, 0.3) is 5.52 Å². The molecule has 2 aromatic heterocycles. The number of rotatable bonds is 5. The molecule has 124 valence electrons. The number of ketones is 1. The fourth-order valence-corrected chi connectivity index (χ4v) is 2.21. The van der Waals surface area contributed by atoms with E-state index in [2.05, 4.69) is 10.1 Å². The fraction of sp³-hybridized carbons (Fsp3) is 0.235. The molecule has 0 radical (unpaired) electrons. The minimum absolute atomic E-state index is 0.169. The molecular formula is C17H18N4O3. The first kappa shape index (κ1) is 15.9. The molecule has 7 heteroatoms. The van der Waals surface area contributed by atoms with E-state index in [0.29, 0.717) is 23.9 Å². The number of carbonyl (C=O) groups excluding carboxylic acids is 1. The first-order valence-electron chi connectivity index (χ1n) is 7.51. The molecule has 1 aliphatic carbocycles. The first-order chi connectivity index (χ1) is 11.5. The zero-order valence-electron chi connectivity index (χ0n) is 13.5. The van der Waals surface area contributed by atoms with Gasteiger partial charge in [0.1, 0.15) is 18.1 Å². The smallest absolute Gasteiger partial charge is 0.260 e.